The first-order chi connectivity index (χ1) is 9.23. The third kappa shape index (κ3) is 2.55. The minimum Gasteiger partial charge on any atom is -0.309 e. The van der Waals surface area contributed by atoms with E-state index < -0.39 is 0 Å². The van der Waals surface area contributed by atoms with Crippen LogP contribution in [0.2, 0.25) is 0 Å². The average molecular weight is 312 g/mol. The van der Waals surface area contributed by atoms with Crippen LogP contribution in [0.25, 0.3) is 0 Å². The molecule has 4 saturated carbocycles. The Kier molecular flexibility index (Phi) is 4.18. The maximum absolute atomic E-state index is 3.85. The van der Waals surface area contributed by atoms with Crippen LogP contribution in [0, 0.1) is 23.2 Å². The van der Waals surface area contributed by atoms with Gasteiger partial charge in [0.05, 0.1) is 0 Å². The smallest absolute Gasteiger partial charge is 0.0302 e. The van der Waals surface area contributed by atoms with E-state index in [9.17, 15) is 0 Å². The third-order valence-corrected chi connectivity index (χ3v) is 7.04. The number of halogens is 1. The van der Waals surface area contributed by atoms with Crippen molar-refractivity contribution >= 4 is 23.7 Å². The monoisotopic (exact) mass is 311 g/mol. The fourth-order valence-electron chi connectivity index (χ4n) is 5.59. The Morgan fingerprint density at radius 3 is 2.30 bits per heavy atom. The largest absolute Gasteiger partial charge is 0.309 e. The molecular formula is C17H26ClNS. The average Bonchev–Trinajstić information content (AvgIpc) is 2.87. The minimum atomic E-state index is 0. The fourth-order valence-corrected chi connectivity index (χ4v) is 6.25. The van der Waals surface area contributed by atoms with Gasteiger partial charge in [-0.2, -0.15) is 0 Å². The van der Waals surface area contributed by atoms with Gasteiger partial charge >= 0.3 is 0 Å². The molecule has 1 aromatic heterocycles. The predicted molar refractivity (Wildman–Crippen MR) is 88.5 cm³/mol. The Bertz CT molecular complexity index is 407. The van der Waals surface area contributed by atoms with Crippen molar-refractivity contribution in [3.8, 4) is 0 Å². The number of rotatable bonds is 4. The number of hydrogen-bond donors (Lipinski definition) is 1. The summed E-state index contributed by atoms with van der Waals surface area (Å²) in [6.07, 6.45) is 9.19. The van der Waals surface area contributed by atoms with Crippen LogP contribution in [-0.4, -0.2) is 6.04 Å². The summed E-state index contributed by atoms with van der Waals surface area (Å²) in [6.45, 7) is 3.53. The molecule has 0 saturated heterocycles. The summed E-state index contributed by atoms with van der Waals surface area (Å²) < 4.78 is 0. The molecule has 1 nitrogen and oxygen atoms in total. The van der Waals surface area contributed by atoms with Crippen LogP contribution >= 0.6 is 23.7 Å². The van der Waals surface area contributed by atoms with Gasteiger partial charge in [0.2, 0.25) is 0 Å². The number of nitrogens with one attached hydrogen (secondary N) is 1. The zero-order valence-electron chi connectivity index (χ0n) is 12.3. The Hall–Kier alpha value is -0.0500. The molecule has 20 heavy (non-hydrogen) atoms. The summed E-state index contributed by atoms with van der Waals surface area (Å²) in [5.41, 5.74) is 0.645. The van der Waals surface area contributed by atoms with Gasteiger partial charge in [-0.05, 0) is 80.1 Å². The number of hydrogen-bond acceptors (Lipinski definition) is 2. The molecule has 1 aromatic rings. The molecule has 0 radical (unpaired) electrons. The molecule has 4 bridgehead atoms. The van der Waals surface area contributed by atoms with Crippen LogP contribution in [0.5, 0.6) is 0 Å². The molecule has 4 aliphatic carbocycles. The Morgan fingerprint density at radius 1 is 1.20 bits per heavy atom. The Labute approximate surface area is 133 Å². The molecule has 5 rings (SSSR count). The van der Waals surface area contributed by atoms with Crippen molar-refractivity contribution in [2.24, 2.45) is 23.2 Å². The van der Waals surface area contributed by atoms with E-state index >= 15 is 0 Å². The van der Waals surface area contributed by atoms with E-state index in [0.29, 0.717) is 11.5 Å². The molecule has 4 fully saturated rings. The summed E-state index contributed by atoms with van der Waals surface area (Å²) in [4.78, 5) is 1.48. The third-order valence-electron chi connectivity index (χ3n) is 6.17. The first kappa shape index (κ1) is 14.9. The highest BCUT2D eigenvalue weighted by atomic mass is 35.5. The van der Waals surface area contributed by atoms with Crippen molar-refractivity contribution in [1.82, 2.24) is 5.32 Å². The van der Waals surface area contributed by atoms with E-state index in [-0.39, 0.29) is 12.4 Å². The van der Waals surface area contributed by atoms with Crippen molar-refractivity contribution in [1.29, 1.82) is 0 Å². The maximum Gasteiger partial charge on any atom is 0.0302 e. The van der Waals surface area contributed by atoms with E-state index in [1.165, 1.54) is 24.1 Å². The maximum atomic E-state index is 3.85. The van der Waals surface area contributed by atoms with Crippen LogP contribution < -0.4 is 5.32 Å². The zero-order valence-corrected chi connectivity index (χ0v) is 13.9. The lowest BCUT2D eigenvalue weighted by Gasteiger charge is -2.59. The normalized spacial score (nSPS) is 39.5. The van der Waals surface area contributed by atoms with Gasteiger partial charge in [-0.3, -0.25) is 0 Å². The van der Waals surface area contributed by atoms with Crippen LogP contribution in [0.4, 0.5) is 0 Å². The second kappa shape index (κ2) is 5.62. The van der Waals surface area contributed by atoms with Crippen LogP contribution in [0.15, 0.2) is 17.5 Å². The number of thiophene rings is 1. The molecule has 0 spiro atoms. The lowest BCUT2D eigenvalue weighted by Crippen LogP contribution is -2.54. The summed E-state index contributed by atoms with van der Waals surface area (Å²) in [5.74, 6) is 3.20. The van der Waals surface area contributed by atoms with Gasteiger partial charge < -0.3 is 5.32 Å². The van der Waals surface area contributed by atoms with E-state index in [0.717, 1.165) is 24.3 Å². The topological polar surface area (TPSA) is 12.0 Å². The van der Waals surface area contributed by atoms with E-state index in [1.807, 2.05) is 11.3 Å². The molecule has 1 heterocycles. The molecule has 3 heteroatoms. The van der Waals surface area contributed by atoms with Gasteiger partial charge in [-0.15, -0.1) is 23.7 Å². The van der Waals surface area contributed by atoms with Crippen molar-refractivity contribution in [3.05, 3.63) is 22.4 Å². The van der Waals surface area contributed by atoms with E-state index in [1.54, 1.807) is 19.3 Å². The summed E-state index contributed by atoms with van der Waals surface area (Å²) in [7, 11) is 0. The molecule has 1 unspecified atom stereocenters. The molecule has 1 atom stereocenters. The highest BCUT2D eigenvalue weighted by Gasteiger charge is 2.52. The van der Waals surface area contributed by atoms with Gasteiger partial charge in [-0.1, -0.05) is 6.07 Å². The summed E-state index contributed by atoms with van der Waals surface area (Å²) in [6, 6.07) is 5.12. The molecule has 0 aliphatic heterocycles. The van der Waals surface area contributed by atoms with Gasteiger partial charge in [0.1, 0.15) is 0 Å². The first-order valence-electron chi connectivity index (χ1n) is 7.99. The van der Waals surface area contributed by atoms with Crippen LogP contribution in [0.1, 0.15) is 50.3 Å². The highest BCUT2D eigenvalue weighted by Crippen LogP contribution is 2.61. The van der Waals surface area contributed by atoms with Crippen molar-refractivity contribution in [2.75, 3.05) is 0 Å². The highest BCUT2D eigenvalue weighted by molar-refractivity contribution is 7.09. The van der Waals surface area contributed by atoms with Gasteiger partial charge in [-0.25, -0.2) is 0 Å². The van der Waals surface area contributed by atoms with Crippen LogP contribution in [0.3, 0.4) is 0 Å². The van der Waals surface area contributed by atoms with Crippen molar-refractivity contribution in [3.63, 3.8) is 0 Å². The second-order valence-corrected chi connectivity index (χ2v) is 8.49. The van der Waals surface area contributed by atoms with Crippen molar-refractivity contribution in [2.45, 2.75) is 58.0 Å². The van der Waals surface area contributed by atoms with Gasteiger partial charge in [0.15, 0.2) is 0 Å². The minimum absolute atomic E-state index is 0. The second-order valence-electron chi connectivity index (χ2n) is 7.46. The standard InChI is InChI=1S/C17H25NS.ClH/c1-12(18-11-16-3-2-4-19-16)17-8-13-5-14(9-17)7-15(6-13)10-17;/h2-4,12-15,18H,5-11H2,1H3;1H. The molecule has 0 aromatic carbocycles. The van der Waals surface area contributed by atoms with Crippen molar-refractivity contribution < 1.29 is 0 Å². The molecule has 112 valence electrons. The lowest BCUT2D eigenvalue weighted by atomic mass is 9.48. The van der Waals surface area contributed by atoms with E-state index in [4.69, 9.17) is 0 Å². The molecular weight excluding hydrogens is 286 g/mol. The zero-order chi connectivity index (χ0) is 12.9. The molecule has 1 N–H and O–H groups in total. The Morgan fingerprint density at radius 2 is 1.80 bits per heavy atom. The fraction of sp³-hybridized carbons (Fsp3) is 0.765. The summed E-state index contributed by atoms with van der Waals surface area (Å²) >= 11 is 1.88. The Balaban J connectivity index is 0.00000121. The predicted octanol–water partition coefficient (Wildman–Crippen LogP) is 4.86. The SMILES string of the molecule is CC(NCc1cccs1)C12CC3CC(CC(C3)C1)C2.Cl. The van der Waals surface area contributed by atoms with Gasteiger partial charge in [0.25, 0.3) is 0 Å². The quantitative estimate of drug-likeness (QED) is 0.837. The van der Waals surface area contributed by atoms with E-state index in [2.05, 4.69) is 29.8 Å². The summed E-state index contributed by atoms with van der Waals surface area (Å²) in [5, 5.41) is 6.04. The molecule has 4 aliphatic rings. The first-order valence-corrected chi connectivity index (χ1v) is 8.87. The van der Waals surface area contributed by atoms with Crippen LogP contribution in [-0.2, 0) is 6.54 Å². The van der Waals surface area contributed by atoms with Gasteiger partial charge in [0, 0.05) is 17.5 Å². The lowest BCUT2D eigenvalue weighted by molar-refractivity contribution is -0.0706. The molecule has 0 amide bonds.